The van der Waals surface area contributed by atoms with Crippen molar-refractivity contribution in [2.24, 2.45) is 11.8 Å². The fourth-order valence-electron chi connectivity index (χ4n) is 4.74. The predicted molar refractivity (Wildman–Crippen MR) is 115 cm³/mol. The molecule has 3 heterocycles. The maximum atomic E-state index is 13.6. The number of carbonyl (C=O) groups is 1. The lowest BCUT2D eigenvalue weighted by molar-refractivity contribution is 0.0710. The van der Waals surface area contributed by atoms with Crippen LogP contribution in [0.25, 0.3) is 16.8 Å². The monoisotopic (exact) mass is 414 g/mol. The normalized spacial score (nSPS) is 22.0. The average Bonchev–Trinajstić information content (AvgIpc) is 3.19. The molecule has 2 fully saturated rings. The van der Waals surface area contributed by atoms with Crippen molar-refractivity contribution < 1.29 is 9.21 Å². The van der Waals surface area contributed by atoms with Crippen molar-refractivity contribution in [2.75, 3.05) is 25.0 Å². The van der Waals surface area contributed by atoms with Gasteiger partial charge in [-0.2, -0.15) is 20.0 Å². The van der Waals surface area contributed by atoms with Gasteiger partial charge < -0.3 is 14.2 Å². The van der Waals surface area contributed by atoms with E-state index in [9.17, 15) is 4.79 Å². The Morgan fingerprint density at radius 2 is 1.90 bits per heavy atom. The molecule has 1 amide bonds. The summed E-state index contributed by atoms with van der Waals surface area (Å²) in [5, 5.41) is 8.43. The second kappa shape index (κ2) is 6.94. The molecule has 2 aliphatic rings. The van der Waals surface area contributed by atoms with Crippen LogP contribution in [0.4, 0.5) is 6.01 Å². The van der Waals surface area contributed by atoms with Crippen LogP contribution in [0.2, 0.25) is 0 Å². The van der Waals surface area contributed by atoms with Crippen LogP contribution in [0.5, 0.6) is 0 Å². The summed E-state index contributed by atoms with van der Waals surface area (Å²) in [6.45, 7) is 1.47. The smallest absolute Gasteiger partial charge is 0.298 e. The van der Waals surface area contributed by atoms with Gasteiger partial charge in [0.25, 0.3) is 11.9 Å². The number of carbonyl (C=O) groups excluding carboxylic acids is 1. The molecule has 8 nitrogen and oxygen atoms in total. The summed E-state index contributed by atoms with van der Waals surface area (Å²) in [5.41, 5.74) is 2.93. The number of hydrogen-bond acceptors (Lipinski definition) is 6. The van der Waals surface area contributed by atoms with Gasteiger partial charge in [0.2, 0.25) is 0 Å². The van der Waals surface area contributed by atoms with Gasteiger partial charge in [0.1, 0.15) is 5.52 Å². The molecule has 2 aromatic carbocycles. The molecule has 1 saturated carbocycles. The molecule has 0 radical (unpaired) electrons. The summed E-state index contributed by atoms with van der Waals surface area (Å²) in [4.78, 5) is 23.7. The van der Waals surface area contributed by atoms with Crippen LogP contribution >= 0.6 is 0 Å². The van der Waals surface area contributed by atoms with Crippen molar-refractivity contribution in [1.29, 1.82) is 0 Å². The number of hydrogen-bond donors (Lipinski definition) is 0. The SMILES string of the molecule is CN(CC1C2CC2CN1C(=O)c1ccccc1-n1nccn1)c1nc2ccccc2o1. The Kier molecular flexibility index (Phi) is 4.05. The van der Waals surface area contributed by atoms with Gasteiger partial charge in [-0.05, 0) is 42.5 Å². The molecule has 156 valence electrons. The zero-order valence-electron chi connectivity index (χ0n) is 17.1. The molecule has 3 atom stereocenters. The number of oxazole rings is 1. The standard InChI is InChI=1S/C23H22N6O2/c1-27(23-26-18-7-3-5-9-21(18)31-23)14-20-17-12-15(17)13-28(20)22(30)16-6-2-4-8-19(16)29-24-10-11-25-29/h2-11,15,17,20H,12-14H2,1H3. The van der Waals surface area contributed by atoms with Crippen molar-refractivity contribution in [3.63, 3.8) is 0 Å². The molecule has 3 unspecified atom stereocenters. The van der Waals surface area contributed by atoms with Gasteiger partial charge in [-0.25, -0.2) is 0 Å². The van der Waals surface area contributed by atoms with E-state index in [2.05, 4.69) is 15.2 Å². The Morgan fingerprint density at radius 1 is 1.13 bits per heavy atom. The van der Waals surface area contributed by atoms with Crippen molar-refractivity contribution in [2.45, 2.75) is 12.5 Å². The van der Waals surface area contributed by atoms with E-state index in [4.69, 9.17) is 4.42 Å². The van der Waals surface area contributed by atoms with Gasteiger partial charge in [-0.15, -0.1) is 0 Å². The molecule has 31 heavy (non-hydrogen) atoms. The first-order valence-electron chi connectivity index (χ1n) is 10.5. The highest BCUT2D eigenvalue weighted by Crippen LogP contribution is 2.50. The lowest BCUT2D eigenvalue weighted by atomic mass is 10.1. The highest BCUT2D eigenvalue weighted by molar-refractivity contribution is 5.98. The minimum absolute atomic E-state index is 0.0241. The van der Waals surface area contributed by atoms with Crippen LogP contribution in [0.15, 0.2) is 65.3 Å². The first-order valence-corrected chi connectivity index (χ1v) is 10.5. The third kappa shape index (κ3) is 3.06. The van der Waals surface area contributed by atoms with Crippen LogP contribution in [0.3, 0.4) is 0 Å². The van der Waals surface area contributed by atoms with Gasteiger partial charge >= 0.3 is 0 Å². The minimum atomic E-state index is 0.0241. The summed E-state index contributed by atoms with van der Waals surface area (Å²) in [6.07, 6.45) is 4.41. The van der Waals surface area contributed by atoms with Gasteiger partial charge in [0.05, 0.1) is 29.7 Å². The molecule has 1 aliphatic carbocycles. The molecule has 0 spiro atoms. The number of amides is 1. The minimum Gasteiger partial charge on any atom is -0.423 e. The number of likely N-dealkylation sites (N-methyl/N-ethyl adjacent to an activating group) is 1. The number of anilines is 1. The van der Waals surface area contributed by atoms with Crippen LogP contribution < -0.4 is 4.90 Å². The molecular formula is C23H22N6O2. The van der Waals surface area contributed by atoms with Gasteiger partial charge in [0, 0.05) is 20.1 Å². The Bertz CT molecular complexity index is 1220. The zero-order valence-corrected chi connectivity index (χ0v) is 17.1. The molecule has 2 aromatic heterocycles. The van der Waals surface area contributed by atoms with Crippen molar-refractivity contribution >= 4 is 23.0 Å². The molecule has 1 aliphatic heterocycles. The van der Waals surface area contributed by atoms with E-state index in [1.54, 1.807) is 12.4 Å². The van der Waals surface area contributed by atoms with Gasteiger partial charge in [-0.3, -0.25) is 4.79 Å². The van der Waals surface area contributed by atoms with E-state index in [-0.39, 0.29) is 11.9 Å². The lowest BCUT2D eigenvalue weighted by Crippen LogP contribution is -2.45. The van der Waals surface area contributed by atoms with Crippen LogP contribution in [0.1, 0.15) is 16.8 Å². The number of likely N-dealkylation sites (tertiary alicyclic amines) is 1. The van der Waals surface area contributed by atoms with E-state index >= 15 is 0 Å². The largest absolute Gasteiger partial charge is 0.423 e. The number of nitrogens with zero attached hydrogens (tertiary/aromatic N) is 6. The Morgan fingerprint density at radius 3 is 2.74 bits per heavy atom. The van der Waals surface area contributed by atoms with E-state index in [0.717, 1.165) is 17.6 Å². The maximum Gasteiger partial charge on any atom is 0.298 e. The highest BCUT2D eigenvalue weighted by Gasteiger charge is 2.54. The molecule has 4 aromatic rings. The zero-order chi connectivity index (χ0) is 20.9. The topological polar surface area (TPSA) is 80.3 Å². The first kappa shape index (κ1) is 18.1. The summed E-state index contributed by atoms with van der Waals surface area (Å²) in [7, 11) is 1.98. The lowest BCUT2D eigenvalue weighted by Gasteiger charge is -2.31. The quantitative estimate of drug-likeness (QED) is 0.499. The fraction of sp³-hybridized carbons (Fsp3) is 0.304. The maximum absolute atomic E-state index is 13.6. The highest BCUT2D eigenvalue weighted by atomic mass is 16.4. The van der Waals surface area contributed by atoms with Crippen LogP contribution in [-0.2, 0) is 0 Å². The predicted octanol–water partition coefficient (Wildman–Crippen LogP) is 3.01. The van der Waals surface area contributed by atoms with Crippen molar-refractivity contribution in [3.8, 4) is 5.69 Å². The Balaban J connectivity index is 1.27. The summed E-state index contributed by atoms with van der Waals surface area (Å²) >= 11 is 0. The van der Waals surface area contributed by atoms with Gasteiger partial charge in [-0.1, -0.05) is 24.3 Å². The molecule has 0 bridgehead atoms. The summed E-state index contributed by atoms with van der Waals surface area (Å²) in [6, 6.07) is 16.0. The van der Waals surface area contributed by atoms with Crippen LogP contribution in [0, 0.1) is 11.8 Å². The van der Waals surface area contributed by atoms with Crippen molar-refractivity contribution in [3.05, 3.63) is 66.5 Å². The number of fused-ring (bicyclic) bond motifs is 2. The van der Waals surface area contributed by atoms with Gasteiger partial charge in [0.15, 0.2) is 5.58 Å². The number of benzene rings is 2. The number of piperidine rings is 1. The number of para-hydroxylation sites is 3. The van der Waals surface area contributed by atoms with E-state index in [1.807, 2.05) is 65.4 Å². The molecule has 8 heteroatoms. The van der Waals surface area contributed by atoms with Crippen molar-refractivity contribution in [1.82, 2.24) is 24.9 Å². The first-order chi connectivity index (χ1) is 15.2. The second-order valence-corrected chi connectivity index (χ2v) is 8.36. The molecule has 6 rings (SSSR count). The Labute approximate surface area is 179 Å². The van der Waals surface area contributed by atoms with E-state index in [1.165, 1.54) is 11.2 Å². The molecular weight excluding hydrogens is 392 g/mol. The summed E-state index contributed by atoms with van der Waals surface area (Å²) in [5.74, 6) is 1.14. The second-order valence-electron chi connectivity index (χ2n) is 8.36. The summed E-state index contributed by atoms with van der Waals surface area (Å²) < 4.78 is 5.93. The third-order valence-corrected chi connectivity index (χ3v) is 6.40. The third-order valence-electron chi connectivity index (χ3n) is 6.40. The number of rotatable bonds is 5. The fourth-order valence-corrected chi connectivity index (χ4v) is 4.74. The average molecular weight is 414 g/mol. The number of aromatic nitrogens is 4. The molecule has 1 saturated heterocycles. The molecule has 0 N–H and O–H groups in total. The van der Waals surface area contributed by atoms with E-state index < -0.39 is 0 Å². The Hall–Kier alpha value is -3.68. The van der Waals surface area contributed by atoms with E-state index in [0.29, 0.717) is 35.6 Å². The van der Waals surface area contributed by atoms with Crippen LogP contribution in [-0.4, -0.2) is 57.0 Å².